The molecule has 3 aliphatic rings. The number of carbonyl (C=O) groups excluding carboxylic acids is 4. The van der Waals surface area contributed by atoms with E-state index in [0.717, 1.165) is 6.08 Å². The van der Waals surface area contributed by atoms with Crippen LogP contribution in [0.4, 0.5) is 19.2 Å². The Balaban J connectivity index is 1.93. The van der Waals surface area contributed by atoms with Crippen LogP contribution >= 0.6 is 0 Å². The minimum absolute atomic E-state index is 0.0631. The topological polar surface area (TPSA) is 124 Å². The number of carbonyl (C=O) groups is 4. The largest absolute Gasteiger partial charge is 0.522 e. The molecule has 10 heteroatoms. The molecule has 2 fully saturated rings. The molecule has 2 heterocycles. The van der Waals surface area contributed by atoms with Crippen LogP contribution in [0.2, 0.25) is 0 Å². The highest BCUT2D eigenvalue weighted by molar-refractivity contribution is 5.88. The van der Waals surface area contributed by atoms with Crippen molar-refractivity contribution in [1.29, 1.82) is 0 Å². The standard InChI is InChI=1S/C16H8O10/c17-11-21-12(18)24-15(23-11)8-4-7-10(9-5-2-1-3-6-9)16(15)25-13(19)22-14(20)26-16/h1-8H. The van der Waals surface area contributed by atoms with Crippen LogP contribution in [0.1, 0.15) is 5.56 Å². The molecule has 1 aliphatic carbocycles. The number of allylic oxidation sites excluding steroid dienone is 2. The van der Waals surface area contributed by atoms with E-state index >= 15 is 0 Å². The molecule has 0 aromatic heterocycles. The second kappa shape index (κ2) is 5.34. The van der Waals surface area contributed by atoms with Crippen LogP contribution in [0.15, 0.2) is 48.6 Å². The Morgan fingerprint density at radius 1 is 0.692 bits per heavy atom. The Hall–Kier alpha value is -3.82. The molecule has 1 aromatic rings. The molecule has 0 saturated carbocycles. The Morgan fingerprint density at radius 2 is 1.23 bits per heavy atom. The van der Waals surface area contributed by atoms with Crippen molar-refractivity contribution >= 4 is 30.2 Å². The maximum absolute atomic E-state index is 11.8. The molecule has 0 atom stereocenters. The first-order chi connectivity index (χ1) is 12.4. The van der Waals surface area contributed by atoms with E-state index in [4.69, 9.17) is 18.9 Å². The lowest BCUT2D eigenvalue weighted by atomic mass is 9.86. The Labute approximate surface area is 144 Å². The van der Waals surface area contributed by atoms with Crippen molar-refractivity contribution < 1.29 is 47.6 Å². The average Bonchev–Trinajstić information content (AvgIpc) is 2.57. The van der Waals surface area contributed by atoms with Crippen molar-refractivity contribution in [3.8, 4) is 0 Å². The van der Waals surface area contributed by atoms with Crippen molar-refractivity contribution in [3.63, 3.8) is 0 Å². The summed E-state index contributed by atoms with van der Waals surface area (Å²) in [5.41, 5.74) is 0.491. The van der Waals surface area contributed by atoms with Crippen LogP contribution in [0.3, 0.4) is 0 Å². The first-order valence-corrected chi connectivity index (χ1v) is 7.17. The van der Waals surface area contributed by atoms with E-state index in [1.165, 1.54) is 12.2 Å². The van der Waals surface area contributed by atoms with Crippen LogP contribution in [-0.4, -0.2) is 36.2 Å². The van der Waals surface area contributed by atoms with E-state index in [0.29, 0.717) is 5.56 Å². The molecule has 0 N–H and O–H groups in total. The van der Waals surface area contributed by atoms with Gasteiger partial charge in [0.25, 0.3) is 0 Å². The highest BCUT2D eigenvalue weighted by Crippen LogP contribution is 2.49. The van der Waals surface area contributed by atoms with E-state index in [-0.39, 0.29) is 5.57 Å². The first-order valence-electron chi connectivity index (χ1n) is 7.17. The summed E-state index contributed by atoms with van der Waals surface area (Å²) in [4.78, 5) is 46.9. The first kappa shape index (κ1) is 15.7. The molecular formula is C16H8O10. The fraction of sp³-hybridized carbons (Fsp3) is 0.125. The number of fused-ring (bicyclic) bond motifs is 1. The van der Waals surface area contributed by atoms with Crippen LogP contribution < -0.4 is 0 Å². The Morgan fingerprint density at radius 3 is 1.81 bits per heavy atom. The lowest BCUT2D eigenvalue weighted by Crippen LogP contribution is -2.67. The Kier molecular flexibility index (Phi) is 3.22. The summed E-state index contributed by atoms with van der Waals surface area (Å²) < 4.78 is 28.5. The molecule has 0 unspecified atom stereocenters. The molecule has 2 spiro atoms. The average molecular weight is 360 g/mol. The molecule has 1 aromatic carbocycles. The van der Waals surface area contributed by atoms with Crippen molar-refractivity contribution in [2.45, 2.75) is 11.6 Å². The second-order valence-electron chi connectivity index (χ2n) is 5.20. The lowest BCUT2D eigenvalue weighted by molar-refractivity contribution is -0.330. The van der Waals surface area contributed by atoms with E-state index in [1.807, 2.05) is 0 Å². The van der Waals surface area contributed by atoms with Gasteiger partial charge < -0.3 is 28.4 Å². The molecule has 0 radical (unpaired) electrons. The summed E-state index contributed by atoms with van der Waals surface area (Å²) in [6.07, 6.45) is -1.85. The van der Waals surface area contributed by atoms with Crippen LogP contribution in [0.5, 0.6) is 0 Å². The SMILES string of the molecule is O=C1OC(=O)OC2(C=CC=C(c3ccccc3)C23OC(=O)OC(=O)O3)O1. The van der Waals surface area contributed by atoms with Crippen LogP contribution in [-0.2, 0) is 28.4 Å². The predicted molar refractivity (Wildman–Crippen MR) is 77.1 cm³/mol. The highest BCUT2D eigenvalue weighted by Gasteiger charge is 2.71. The van der Waals surface area contributed by atoms with Crippen LogP contribution in [0.25, 0.3) is 5.57 Å². The molecule has 10 nitrogen and oxygen atoms in total. The fourth-order valence-corrected chi connectivity index (χ4v) is 2.78. The van der Waals surface area contributed by atoms with Gasteiger partial charge in [-0.15, -0.1) is 0 Å². The van der Waals surface area contributed by atoms with Gasteiger partial charge in [-0.2, -0.15) is 0 Å². The van der Waals surface area contributed by atoms with Crippen molar-refractivity contribution in [3.05, 3.63) is 54.1 Å². The maximum Gasteiger partial charge on any atom is 0.522 e. The fourth-order valence-electron chi connectivity index (χ4n) is 2.78. The molecule has 26 heavy (non-hydrogen) atoms. The number of rotatable bonds is 1. The number of hydrogen-bond acceptors (Lipinski definition) is 10. The van der Waals surface area contributed by atoms with Crippen molar-refractivity contribution in [1.82, 2.24) is 0 Å². The van der Waals surface area contributed by atoms with E-state index in [2.05, 4.69) is 9.47 Å². The molecule has 2 saturated heterocycles. The summed E-state index contributed by atoms with van der Waals surface area (Å²) >= 11 is 0. The van der Waals surface area contributed by atoms with Crippen molar-refractivity contribution in [2.75, 3.05) is 0 Å². The summed E-state index contributed by atoms with van der Waals surface area (Å²) in [5, 5.41) is 0. The number of benzene rings is 1. The highest BCUT2D eigenvalue weighted by atomic mass is 17.0. The molecule has 4 rings (SSSR count). The molecular weight excluding hydrogens is 352 g/mol. The summed E-state index contributed by atoms with van der Waals surface area (Å²) in [7, 11) is 0. The number of hydrogen-bond donors (Lipinski definition) is 0. The number of cyclic esters (lactones) is 4. The zero-order chi connectivity index (χ0) is 18.4. The van der Waals surface area contributed by atoms with Gasteiger partial charge in [-0.25, -0.2) is 19.2 Å². The van der Waals surface area contributed by atoms with E-state index in [9.17, 15) is 19.2 Å². The molecule has 2 aliphatic heterocycles. The zero-order valence-corrected chi connectivity index (χ0v) is 12.7. The zero-order valence-electron chi connectivity index (χ0n) is 12.7. The van der Waals surface area contributed by atoms with Gasteiger partial charge in [-0.1, -0.05) is 42.5 Å². The molecule has 0 amide bonds. The monoisotopic (exact) mass is 360 g/mol. The van der Waals surface area contributed by atoms with Gasteiger partial charge in [0.05, 0.1) is 5.57 Å². The summed E-state index contributed by atoms with van der Waals surface area (Å²) in [6, 6.07) is 8.28. The van der Waals surface area contributed by atoms with Gasteiger partial charge in [0, 0.05) is 6.08 Å². The third-order valence-corrected chi connectivity index (χ3v) is 3.73. The lowest BCUT2D eigenvalue weighted by Gasteiger charge is -2.47. The third kappa shape index (κ3) is 2.19. The van der Waals surface area contributed by atoms with Gasteiger partial charge in [0.1, 0.15) is 0 Å². The molecule has 132 valence electrons. The summed E-state index contributed by atoms with van der Waals surface area (Å²) in [6.45, 7) is 0. The summed E-state index contributed by atoms with van der Waals surface area (Å²) in [5.74, 6) is -4.90. The smallest absolute Gasteiger partial charge is 0.378 e. The van der Waals surface area contributed by atoms with Crippen molar-refractivity contribution in [2.24, 2.45) is 0 Å². The predicted octanol–water partition coefficient (Wildman–Crippen LogP) is 2.64. The van der Waals surface area contributed by atoms with Gasteiger partial charge in [0.2, 0.25) is 0 Å². The quantitative estimate of drug-likeness (QED) is 0.545. The van der Waals surface area contributed by atoms with Crippen LogP contribution in [0, 0.1) is 0 Å². The third-order valence-electron chi connectivity index (χ3n) is 3.73. The Bertz CT molecular complexity index is 850. The molecule has 0 bridgehead atoms. The van der Waals surface area contributed by atoms with Gasteiger partial charge >= 0.3 is 36.2 Å². The second-order valence-corrected chi connectivity index (χ2v) is 5.20. The maximum atomic E-state index is 11.8. The van der Waals surface area contributed by atoms with Gasteiger partial charge in [0.15, 0.2) is 0 Å². The van der Waals surface area contributed by atoms with E-state index < -0.39 is 36.2 Å². The van der Waals surface area contributed by atoms with Gasteiger partial charge in [-0.3, -0.25) is 0 Å². The number of ether oxygens (including phenoxy) is 6. The minimum atomic E-state index is -2.47. The minimum Gasteiger partial charge on any atom is -0.378 e. The van der Waals surface area contributed by atoms with E-state index in [1.54, 1.807) is 30.3 Å². The van der Waals surface area contributed by atoms with Gasteiger partial charge in [-0.05, 0) is 5.56 Å². The normalized spacial score (nSPS) is 22.4.